The number of carbonyl (C=O) groups is 1. The average molecular weight is 295 g/mol. The number of nitrogens with one attached hydrogen (secondary N) is 2. The summed E-state index contributed by atoms with van der Waals surface area (Å²) in [5.74, 6) is -0.387. The van der Waals surface area contributed by atoms with Crippen LogP contribution in [0.4, 0.5) is 10.2 Å². The van der Waals surface area contributed by atoms with Crippen molar-refractivity contribution in [1.29, 1.82) is 0 Å². The molecule has 0 aromatic carbocycles. The van der Waals surface area contributed by atoms with Gasteiger partial charge in [-0.2, -0.15) is 0 Å². The molecule has 1 amide bonds. The standard InChI is InChI=1S/C15H22FN3O2/c1-3-17-13-12(8-11(16)9-18-13)14(20)19-10-15(4-5-15)6-7-21-2/h8-9H,3-7,10H2,1-2H3,(H,17,18)(H,19,20). The molecule has 2 N–H and O–H groups in total. The van der Waals surface area contributed by atoms with E-state index >= 15 is 0 Å². The Balaban J connectivity index is 1.98. The summed E-state index contributed by atoms with van der Waals surface area (Å²) in [5, 5.41) is 5.87. The molecule has 0 saturated heterocycles. The molecule has 1 saturated carbocycles. The van der Waals surface area contributed by atoms with Gasteiger partial charge in [0.15, 0.2) is 0 Å². The Hall–Kier alpha value is -1.69. The second kappa shape index (κ2) is 6.85. The van der Waals surface area contributed by atoms with E-state index in [2.05, 4.69) is 15.6 Å². The predicted molar refractivity (Wildman–Crippen MR) is 78.9 cm³/mol. The van der Waals surface area contributed by atoms with E-state index < -0.39 is 5.82 Å². The number of carbonyl (C=O) groups excluding carboxylic acids is 1. The van der Waals surface area contributed by atoms with Crippen LogP contribution in [0.3, 0.4) is 0 Å². The first-order chi connectivity index (χ1) is 10.1. The van der Waals surface area contributed by atoms with Crippen molar-refractivity contribution in [2.24, 2.45) is 5.41 Å². The molecule has 6 heteroatoms. The summed E-state index contributed by atoms with van der Waals surface area (Å²) in [4.78, 5) is 16.2. The van der Waals surface area contributed by atoms with Gasteiger partial charge in [-0.1, -0.05) is 0 Å². The molecule has 2 rings (SSSR count). The van der Waals surface area contributed by atoms with Crippen molar-refractivity contribution in [2.45, 2.75) is 26.2 Å². The number of pyridine rings is 1. The third-order valence-corrected chi connectivity index (χ3v) is 3.86. The molecular formula is C15H22FN3O2. The monoisotopic (exact) mass is 295 g/mol. The highest BCUT2D eigenvalue weighted by atomic mass is 19.1. The highest BCUT2D eigenvalue weighted by molar-refractivity contribution is 5.98. The molecule has 0 aliphatic heterocycles. The lowest BCUT2D eigenvalue weighted by molar-refractivity contribution is 0.0938. The van der Waals surface area contributed by atoms with Crippen LogP contribution in [-0.2, 0) is 4.74 Å². The zero-order chi connectivity index (χ0) is 15.3. The molecule has 0 unspecified atom stereocenters. The van der Waals surface area contributed by atoms with Gasteiger partial charge in [0, 0.05) is 26.8 Å². The van der Waals surface area contributed by atoms with E-state index in [0.717, 1.165) is 25.5 Å². The highest BCUT2D eigenvalue weighted by Crippen LogP contribution is 2.48. The summed E-state index contributed by atoms with van der Waals surface area (Å²) in [5.41, 5.74) is 0.407. The molecule has 0 atom stereocenters. The van der Waals surface area contributed by atoms with Gasteiger partial charge in [0.2, 0.25) is 0 Å². The molecule has 0 radical (unpaired) electrons. The molecule has 1 aliphatic rings. The zero-order valence-corrected chi connectivity index (χ0v) is 12.5. The third kappa shape index (κ3) is 4.14. The molecular weight excluding hydrogens is 273 g/mol. The van der Waals surface area contributed by atoms with Gasteiger partial charge in [-0.15, -0.1) is 0 Å². The highest BCUT2D eigenvalue weighted by Gasteiger charge is 2.42. The Kier molecular flexibility index (Phi) is 5.12. The quantitative estimate of drug-likeness (QED) is 0.772. The molecule has 0 spiro atoms. The Morgan fingerprint density at radius 3 is 2.90 bits per heavy atom. The summed E-state index contributed by atoms with van der Waals surface area (Å²) < 4.78 is 18.4. The lowest BCUT2D eigenvalue weighted by atomic mass is 10.0. The summed E-state index contributed by atoms with van der Waals surface area (Å²) in [6.45, 7) is 3.81. The molecule has 1 aromatic rings. The van der Waals surface area contributed by atoms with Crippen molar-refractivity contribution in [2.75, 3.05) is 32.1 Å². The van der Waals surface area contributed by atoms with E-state index in [1.54, 1.807) is 7.11 Å². The van der Waals surface area contributed by atoms with Crippen LogP contribution in [0.2, 0.25) is 0 Å². The fourth-order valence-electron chi connectivity index (χ4n) is 2.29. The topological polar surface area (TPSA) is 63.2 Å². The molecule has 1 fully saturated rings. The van der Waals surface area contributed by atoms with Crippen LogP contribution in [0.1, 0.15) is 36.5 Å². The number of rotatable bonds is 8. The number of hydrogen-bond donors (Lipinski definition) is 2. The maximum atomic E-state index is 13.3. The summed E-state index contributed by atoms with van der Waals surface area (Å²) in [7, 11) is 1.68. The van der Waals surface area contributed by atoms with Crippen LogP contribution in [0.5, 0.6) is 0 Å². The van der Waals surface area contributed by atoms with Crippen molar-refractivity contribution in [1.82, 2.24) is 10.3 Å². The first kappa shape index (κ1) is 15.7. The van der Waals surface area contributed by atoms with Crippen LogP contribution in [-0.4, -0.2) is 37.7 Å². The van der Waals surface area contributed by atoms with E-state index in [0.29, 0.717) is 25.5 Å². The number of amides is 1. The normalized spacial score (nSPS) is 15.6. The molecule has 5 nitrogen and oxygen atoms in total. The minimum absolute atomic E-state index is 0.158. The molecule has 116 valence electrons. The number of hydrogen-bond acceptors (Lipinski definition) is 4. The molecule has 21 heavy (non-hydrogen) atoms. The van der Waals surface area contributed by atoms with Gasteiger partial charge < -0.3 is 15.4 Å². The smallest absolute Gasteiger partial charge is 0.255 e. The van der Waals surface area contributed by atoms with Crippen molar-refractivity contribution >= 4 is 11.7 Å². The summed E-state index contributed by atoms with van der Waals surface area (Å²) in [6.07, 6.45) is 4.23. The van der Waals surface area contributed by atoms with Gasteiger partial charge >= 0.3 is 0 Å². The van der Waals surface area contributed by atoms with Gasteiger partial charge in [0.1, 0.15) is 11.6 Å². The minimum Gasteiger partial charge on any atom is -0.385 e. The lowest BCUT2D eigenvalue weighted by Gasteiger charge is -2.16. The molecule has 0 bridgehead atoms. The van der Waals surface area contributed by atoms with E-state index in [9.17, 15) is 9.18 Å². The van der Waals surface area contributed by atoms with E-state index in [4.69, 9.17) is 4.74 Å². The molecule has 1 aliphatic carbocycles. The van der Waals surface area contributed by atoms with Crippen molar-refractivity contribution in [3.8, 4) is 0 Å². The average Bonchev–Trinajstić information content (AvgIpc) is 3.25. The predicted octanol–water partition coefficient (Wildman–Crippen LogP) is 2.20. The fraction of sp³-hybridized carbons (Fsp3) is 0.600. The maximum Gasteiger partial charge on any atom is 0.255 e. The lowest BCUT2D eigenvalue weighted by Crippen LogP contribution is -2.31. The summed E-state index contributed by atoms with van der Waals surface area (Å²) in [6, 6.07) is 1.22. The Bertz CT molecular complexity index is 504. The minimum atomic E-state index is -0.512. The van der Waals surface area contributed by atoms with Gasteiger partial charge in [-0.05, 0) is 37.7 Å². The van der Waals surface area contributed by atoms with E-state index in [1.165, 1.54) is 6.07 Å². The van der Waals surface area contributed by atoms with Crippen LogP contribution in [0, 0.1) is 11.2 Å². The van der Waals surface area contributed by atoms with Crippen molar-refractivity contribution in [3.05, 3.63) is 23.6 Å². The van der Waals surface area contributed by atoms with Crippen molar-refractivity contribution < 1.29 is 13.9 Å². The van der Waals surface area contributed by atoms with Crippen molar-refractivity contribution in [3.63, 3.8) is 0 Å². The Labute approximate surface area is 124 Å². The van der Waals surface area contributed by atoms with Gasteiger partial charge in [-0.3, -0.25) is 4.79 Å². The van der Waals surface area contributed by atoms with Gasteiger partial charge in [-0.25, -0.2) is 9.37 Å². The third-order valence-electron chi connectivity index (χ3n) is 3.86. The number of aromatic nitrogens is 1. The Morgan fingerprint density at radius 2 is 2.29 bits per heavy atom. The number of nitrogens with zero attached hydrogens (tertiary/aromatic N) is 1. The van der Waals surface area contributed by atoms with Gasteiger partial charge in [0.05, 0.1) is 11.8 Å². The molecule has 1 aromatic heterocycles. The van der Waals surface area contributed by atoms with Crippen LogP contribution in [0.25, 0.3) is 0 Å². The number of methoxy groups -OCH3 is 1. The second-order valence-corrected chi connectivity index (χ2v) is 5.51. The van der Waals surface area contributed by atoms with Crippen LogP contribution >= 0.6 is 0 Å². The second-order valence-electron chi connectivity index (χ2n) is 5.51. The summed E-state index contributed by atoms with van der Waals surface area (Å²) >= 11 is 0. The first-order valence-electron chi connectivity index (χ1n) is 7.27. The maximum absolute atomic E-state index is 13.3. The SMILES string of the molecule is CCNc1ncc(F)cc1C(=O)NCC1(CCOC)CC1. The fourth-order valence-corrected chi connectivity index (χ4v) is 2.29. The number of anilines is 1. The zero-order valence-electron chi connectivity index (χ0n) is 12.5. The first-order valence-corrected chi connectivity index (χ1v) is 7.27. The van der Waals surface area contributed by atoms with E-state index in [1.807, 2.05) is 6.92 Å². The van der Waals surface area contributed by atoms with Gasteiger partial charge in [0.25, 0.3) is 5.91 Å². The van der Waals surface area contributed by atoms with E-state index in [-0.39, 0.29) is 16.9 Å². The number of halogens is 1. The Morgan fingerprint density at radius 1 is 1.52 bits per heavy atom. The number of ether oxygens (including phenoxy) is 1. The van der Waals surface area contributed by atoms with Crippen LogP contribution < -0.4 is 10.6 Å². The molecule has 1 heterocycles. The largest absolute Gasteiger partial charge is 0.385 e. The van der Waals surface area contributed by atoms with Crippen LogP contribution in [0.15, 0.2) is 12.3 Å².